The maximum Gasteiger partial charge on any atom is 0.347 e. The van der Waals surface area contributed by atoms with E-state index in [1.807, 2.05) is 4.68 Å². The third-order valence-electron chi connectivity index (χ3n) is 3.95. The van der Waals surface area contributed by atoms with Crippen LogP contribution in [-0.2, 0) is 13.0 Å². The van der Waals surface area contributed by atoms with E-state index < -0.39 is 5.97 Å². The number of thiazole rings is 1. The number of amides is 1. The molecule has 23 heavy (non-hydrogen) atoms. The fourth-order valence-corrected chi connectivity index (χ4v) is 3.66. The first-order chi connectivity index (χ1) is 11.0. The minimum atomic E-state index is -0.990. The number of fused-ring (bicyclic) bond motifs is 1. The summed E-state index contributed by atoms with van der Waals surface area (Å²) in [6.45, 7) is 4.32. The number of carbonyl (C=O) groups excluding carboxylic acids is 1. The van der Waals surface area contributed by atoms with Gasteiger partial charge < -0.3 is 10.4 Å². The molecule has 1 aliphatic rings. The number of aryl methyl sites for hydroxylation is 2. The molecule has 8 heteroatoms. The van der Waals surface area contributed by atoms with E-state index in [1.54, 1.807) is 20.0 Å². The Balaban J connectivity index is 1.76. The van der Waals surface area contributed by atoms with E-state index in [9.17, 15) is 9.59 Å². The summed E-state index contributed by atoms with van der Waals surface area (Å²) in [4.78, 5) is 28.1. The summed E-state index contributed by atoms with van der Waals surface area (Å²) in [5.41, 5.74) is 2.05. The van der Waals surface area contributed by atoms with Crippen molar-refractivity contribution in [1.29, 1.82) is 0 Å². The van der Waals surface area contributed by atoms with Gasteiger partial charge in [-0.15, -0.1) is 11.3 Å². The van der Waals surface area contributed by atoms with Crippen LogP contribution in [0, 0.1) is 6.92 Å². The summed E-state index contributed by atoms with van der Waals surface area (Å²) in [6.07, 6.45) is 4.62. The largest absolute Gasteiger partial charge is 0.477 e. The zero-order valence-electron chi connectivity index (χ0n) is 13.0. The van der Waals surface area contributed by atoms with Crippen LogP contribution in [0.3, 0.4) is 0 Å². The lowest BCUT2D eigenvalue weighted by atomic mass is 10.1. The highest BCUT2D eigenvalue weighted by Gasteiger charge is 2.23. The van der Waals surface area contributed by atoms with Crippen molar-refractivity contribution in [2.45, 2.75) is 45.7 Å². The Labute approximate surface area is 137 Å². The second kappa shape index (κ2) is 6.11. The maximum absolute atomic E-state index is 12.5. The normalized spacial score (nSPS) is 15.0. The number of aromatic carboxylic acids is 1. The molecule has 0 aliphatic carbocycles. The van der Waals surface area contributed by atoms with Crippen LogP contribution in [0.5, 0.6) is 0 Å². The first kappa shape index (κ1) is 15.7. The molecule has 1 aliphatic heterocycles. The van der Waals surface area contributed by atoms with Crippen LogP contribution < -0.4 is 5.32 Å². The van der Waals surface area contributed by atoms with Crippen molar-refractivity contribution in [3.63, 3.8) is 0 Å². The van der Waals surface area contributed by atoms with Crippen molar-refractivity contribution < 1.29 is 14.7 Å². The number of nitrogens with zero attached hydrogens (tertiary/aromatic N) is 3. The third-order valence-corrected chi connectivity index (χ3v) is 5.28. The first-order valence-corrected chi connectivity index (χ1v) is 8.35. The van der Waals surface area contributed by atoms with Crippen LogP contribution in [0.1, 0.15) is 62.2 Å². The summed E-state index contributed by atoms with van der Waals surface area (Å²) >= 11 is 1.10. The third kappa shape index (κ3) is 2.98. The van der Waals surface area contributed by atoms with Crippen LogP contribution in [-0.4, -0.2) is 31.7 Å². The highest BCUT2D eigenvalue weighted by molar-refractivity contribution is 7.13. The smallest absolute Gasteiger partial charge is 0.347 e. The molecule has 1 amide bonds. The predicted octanol–water partition coefficient (Wildman–Crippen LogP) is 2.17. The maximum atomic E-state index is 12.5. The number of aromatic nitrogens is 3. The Morgan fingerprint density at radius 2 is 2.22 bits per heavy atom. The fraction of sp³-hybridized carbons (Fsp3) is 0.467. The molecule has 7 nitrogen and oxygen atoms in total. The van der Waals surface area contributed by atoms with E-state index in [0.29, 0.717) is 16.3 Å². The summed E-state index contributed by atoms with van der Waals surface area (Å²) < 4.78 is 1.89. The van der Waals surface area contributed by atoms with E-state index in [2.05, 4.69) is 15.4 Å². The number of carboxylic acids is 1. The van der Waals surface area contributed by atoms with Gasteiger partial charge in [0.2, 0.25) is 0 Å². The van der Waals surface area contributed by atoms with Gasteiger partial charge in [-0.05, 0) is 33.1 Å². The van der Waals surface area contributed by atoms with Crippen molar-refractivity contribution in [2.75, 3.05) is 0 Å². The number of hydrogen-bond acceptors (Lipinski definition) is 5. The van der Waals surface area contributed by atoms with Gasteiger partial charge in [-0.3, -0.25) is 9.48 Å². The second-order valence-electron chi connectivity index (χ2n) is 5.65. The number of rotatable bonds is 4. The van der Waals surface area contributed by atoms with E-state index in [1.165, 1.54) is 0 Å². The predicted molar refractivity (Wildman–Crippen MR) is 84.9 cm³/mol. The first-order valence-electron chi connectivity index (χ1n) is 7.53. The lowest BCUT2D eigenvalue weighted by Crippen LogP contribution is -2.27. The number of hydrogen-bond donors (Lipinski definition) is 2. The lowest BCUT2D eigenvalue weighted by molar-refractivity contribution is 0.0701. The molecule has 2 N–H and O–H groups in total. The van der Waals surface area contributed by atoms with Gasteiger partial charge in [-0.2, -0.15) is 5.10 Å². The molecular weight excluding hydrogens is 316 g/mol. The SMILES string of the molecule is Cc1nc(C(C)NC(=O)c2cnn3c2CCCC3)sc1C(=O)O. The molecule has 0 bridgehead atoms. The van der Waals surface area contributed by atoms with Crippen molar-refractivity contribution in [1.82, 2.24) is 20.1 Å². The zero-order chi connectivity index (χ0) is 16.6. The van der Waals surface area contributed by atoms with Crippen molar-refractivity contribution >= 4 is 23.2 Å². The molecule has 0 fully saturated rings. The molecular formula is C15H18N4O3S. The molecule has 0 spiro atoms. The van der Waals surface area contributed by atoms with Gasteiger partial charge in [0.05, 0.1) is 29.2 Å². The van der Waals surface area contributed by atoms with Gasteiger partial charge in [0.1, 0.15) is 9.88 Å². The number of carboxylic acid groups (broad SMARTS) is 1. The summed E-state index contributed by atoms with van der Waals surface area (Å²) in [6, 6.07) is -0.349. The van der Waals surface area contributed by atoms with Crippen LogP contribution in [0.15, 0.2) is 6.20 Å². The van der Waals surface area contributed by atoms with Gasteiger partial charge in [0.25, 0.3) is 5.91 Å². The molecule has 122 valence electrons. The molecule has 0 saturated carbocycles. The van der Waals surface area contributed by atoms with E-state index in [0.717, 1.165) is 42.8 Å². The van der Waals surface area contributed by atoms with E-state index in [-0.39, 0.29) is 16.8 Å². The van der Waals surface area contributed by atoms with Crippen molar-refractivity contribution in [2.24, 2.45) is 0 Å². The molecule has 0 radical (unpaired) electrons. The minimum Gasteiger partial charge on any atom is -0.477 e. The topological polar surface area (TPSA) is 97.1 Å². The quantitative estimate of drug-likeness (QED) is 0.893. The van der Waals surface area contributed by atoms with Gasteiger partial charge in [0, 0.05) is 6.54 Å². The molecule has 0 aromatic carbocycles. The summed E-state index contributed by atoms with van der Waals surface area (Å²) in [5.74, 6) is -1.18. The van der Waals surface area contributed by atoms with Crippen LogP contribution >= 0.6 is 11.3 Å². The van der Waals surface area contributed by atoms with Gasteiger partial charge in [-0.1, -0.05) is 0 Å². The van der Waals surface area contributed by atoms with Gasteiger partial charge in [0.15, 0.2) is 0 Å². The Morgan fingerprint density at radius 3 is 2.91 bits per heavy atom. The van der Waals surface area contributed by atoms with Crippen molar-refractivity contribution in [3.05, 3.63) is 33.0 Å². The van der Waals surface area contributed by atoms with Crippen LogP contribution in [0.2, 0.25) is 0 Å². The zero-order valence-corrected chi connectivity index (χ0v) is 13.8. The molecule has 1 unspecified atom stereocenters. The van der Waals surface area contributed by atoms with E-state index >= 15 is 0 Å². The highest BCUT2D eigenvalue weighted by Crippen LogP contribution is 2.24. The molecule has 2 aromatic rings. The number of carbonyl (C=O) groups is 2. The Hall–Kier alpha value is -2.22. The number of nitrogens with one attached hydrogen (secondary N) is 1. The van der Waals surface area contributed by atoms with Crippen LogP contribution in [0.25, 0.3) is 0 Å². The molecule has 0 saturated heterocycles. The Morgan fingerprint density at radius 1 is 1.43 bits per heavy atom. The second-order valence-corrected chi connectivity index (χ2v) is 6.68. The van der Waals surface area contributed by atoms with Gasteiger partial charge >= 0.3 is 5.97 Å². The van der Waals surface area contributed by atoms with E-state index in [4.69, 9.17) is 5.11 Å². The summed E-state index contributed by atoms with van der Waals surface area (Å²) in [5, 5.41) is 16.8. The Kier molecular flexibility index (Phi) is 4.16. The van der Waals surface area contributed by atoms with Gasteiger partial charge in [-0.25, -0.2) is 9.78 Å². The van der Waals surface area contributed by atoms with Crippen LogP contribution in [0.4, 0.5) is 0 Å². The monoisotopic (exact) mass is 334 g/mol. The average molecular weight is 334 g/mol. The standard InChI is InChI=1S/C15H18N4O3S/c1-8-12(15(21)22)23-14(18-8)9(2)17-13(20)10-7-16-19-6-4-3-5-11(10)19/h7,9H,3-6H2,1-2H3,(H,17,20)(H,21,22). The molecule has 1 atom stereocenters. The average Bonchev–Trinajstić information content (AvgIpc) is 3.10. The highest BCUT2D eigenvalue weighted by atomic mass is 32.1. The lowest BCUT2D eigenvalue weighted by Gasteiger charge is -2.15. The fourth-order valence-electron chi connectivity index (χ4n) is 2.75. The molecule has 3 rings (SSSR count). The minimum absolute atomic E-state index is 0.189. The van der Waals surface area contributed by atoms with Crippen molar-refractivity contribution in [3.8, 4) is 0 Å². The Bertz CT molecular complexity index is 765. The molecule has 2 aromatic heterocycles. The summed E-state index contributed by atoms with van der Waals surface area (Å²) in [7, 11) is 0. The molecule has 3 heterocycles.